The molecule has 2 aromatic rings. The molecule has 0 atom stereocenters. The van der Waals surface area contributed by atoms with Gasteiger partial charge in [-0.05, 0) is 24.4 Å². The number of hydrogen-bond donors (Lipinski definition) is 0. The lowest BCUT2D eigenvalue weighted by atomic mass is 10.2. The van der Waals surface area contributed by atoms with Crippen LogP contribution in [0.3, 0.4) is 0 Å². The van der Waals surface area contributed by atoms with Gasteiger partial charge in [0.1, 0.15) is 4.88 Å². The van der Waals surface area contributed by atoms with Gasteiger partial charge in [-0.3, -0.25) is 0 Å². The zero-order chi connectivity index (χ0) is 12.1. The van der Waals surface area contributed by atoms with Gasteiger partial charge in [-0.1, -0.05) is 31.5 Å². The molecule has 4 heteroatoms. The van der Waals surface area contributed by atoms with Crippen molar-refractivity contribution in [2.45, 2.75) is 20.8 Å². The molecule has 1 heterocycles. The van der Waals surface area contributed by atoms with Crippen LogP contribution in [0.2, 0.25) is 0 Å². The van der Waals surface area contributed by atoms with E-state index in [0.29, 0.717) is 0 Å². The first-order valence-electron chi connectivity index (χ1n) is 5.04. The number of halogens is 1. The van der Waals surface area contributed by atoms with Gasteiger partial charge >= 0.3 is 5.97 Å². The van der Waals surface area contributed by atoms with Crippen LogP contribution in [0.5, 0.6) is 0 Å². The largest absolute Gasteiger partial charge is 0.389 e. The minimum atomic E-state index is -0.927. The van der Waals surface area contributed by atoms with Gasteiger partial charge in [0.05, 0.1) is 0 Å². The van der Waals surface area contributed by atoms with Gasteiger partial charge in [-0.15, -0.1) is 11.3 Å². The summed E-state index contributed by atoms with van der Waals surface area (Å²) in [7, 11) is 0. The van der Waals surface area contributed by atoms with Crippen molar-refractivity contribution in [2.75, 3.05) is 0 Å². The molecule has 0 aliphatic rings. The van der Waals surface area contributed by atoms with Crippen LogP contribution < -0.4 is 0 Å². The van der Waals surface area contributed by atoms with E-state index in [2.05, 4.69) is 4.94 Å². The molecule has 1 aromatic heterocycles. The molecular formula is C12H13FO2S. The molecule has 0 amide bonds. The van der Waals surface area contributed by atoms with Crippen molar-refractivity contribution in [1.82, 2.24) is 0 Å². The molecule has 0 N–H and O–H groups in total. The number of hydrogen-bond acceptors (Lipinski definition) is 3. The van der Waals surface area contributed by atoms with Crippen LogP contribution in [0.4, 0.5) is 4.53 Å². The van der Waals surface area contributed by atoms with E-state index in [9.17, 15) is 9.32 Å². The lowest BCUT2D eigenvalue weighted by Crippen LogP contribution is -1.93. The molecule has 1 aromatic carbocycles. The van der Waals surface area contributed by atoms with Crippen LogP contribution in [-0.2, 0) is 4.94 Å². The molecule has 16 heavy (non-hydrogen) atoms. The number of carbonyl (C=O) groups is 1. The molecule has 0 fully saturated rings. The van der Waals surface area contributed by atoms with Crippen LogP contribution in [-0.4, -0.2) is 5.97 Å². The summed E-state index contributed by atoms with van der Waals surface area (Å²) in [4.78, 5) is 14.3. The Hall–Kier alpha value is -1.42. The minimum absolute atomic E-state index is 0.285. The van der Waals surface area contributed by atoms with Crippen LogP contribution in [0.25, 0.3) is 10.1 Å². The van der Waals surface area contributed by atoms with E-state index < -0.39 is 5.97 Å². The fourth-order valence-corrected chi connectivity index (χ4v) is 2.21. The Bertz CT molecular complexity index is 491. The minimum Gasteiger partial charge on any atom is -0.248 e. The summed E-state index contributed by atoms with van der Waals surface area (Å²) in [5, 5.41) is 0.940. The van der Waals surface area contributed by atoms with Gasteiger partial charge in [0.25, 0.3) is 0 Å². The zero-order valence-corrected chi connectivity index (χ0v) is 10.2. The Morgan fingerprint density at radius 3 is 2.62 bits per heavy atom. The van der Waals surface area contributed by atoms with Gasteiger partial charge in [0.2, 0.25) is 0 Å². The van der Waals surface area contributed by atoms with E-state index in [1.165, 1.54) is 11.3 Å². The number of benzene rings is 1. The molecule has 0 saturated carbocycles. The number of thiophene rings is 1. The van der Waals surface area contributed by atoms with E-state index in [1.54, 1.807) is 6.07 Å². The molecule has 0 aliphatic carbocycles. The average Bonchev–Trinajstić information content (AvgIpc) is 2.73. The van der Waals surface area contributed by atoms with Gasteiger partial charge in [0, 0.05) is 9.23 Å². The summed E-state index contributed by atoms with van der Waals surface area (Å²) >= 11 is 1.22. The van der Waals surface area contributed by atoms with E-state index >= 15 is 0 Å². The van der Waals surface area contributed by atoms with Crippen LogP contribution in [0, 0.1) is 6.92 Å². The second-order valence-corrected chi connectivity index (χ2v) is 4.10. The highest BCUT2D eigenvalue weighted by molar-refractivity contribution is 7.20. The summed E-state index contributed by atoms with van der Waals surface area (Å²) < 4.78 is 12.6. The highest BCUT2D eigenvalue weighted by Gasteiger charge is 2.11. The molecule has 0 spiro atoms. The van der Waals surface area contributed by atoms with Gasteiger partial charge in [-0.25, -0.2) is 9.74 Å². The van der Waals surface area contributed by atoms with Gasteiger partial charge < -0.3 is 0 Å². The van der Waals surface area contributed by atoms with Crippen LogP contribution >= 0.6 is 11.3 Å². The smallest absolute Gasteiger partial charge is 0.248 e. The predicted octanol–water partition coefficient (Wildman–Crippen LogP) is 4.28. The summed E-state index contributed by atoms with van der Waals surface area (Å²) in [5.74, 6) is -0.927. The first-order valence-corrected chi connectivity index (χ1v) is 5.85. The third kappa shape index (κ3) is 2.58. The fraction of sp³-hybridized carbons (Fsp3) is 0.250. The summed E-state index contributed by atoms with van der Waals surface area (Å²) in [6, 6.07) is 7.43. The molecular weight excluding hydrogens is 227 g/mol. The highest BCUT2D eigenvalue weighted by atomic mass is 32.1. The SMILES string of the molecule is CC.Cc1ccc2sc(C(=O)OF)cc2c1. The van der Waals surface area contributed by atoms with Gasteiger partial charge in [-0.2, -0.15) is 0 Å². The van der Waals surface area contributed by atoms with E-state index in [4.69, 9.17) is 0 Å². The highest BCUT2D eigenvalue weighted by Crippen LogP contribution is 2.26. The third-order valence-corrected chi connectivity index (χ3v) is 3.04. The Morgan fingerprint density at radius 1 is 1.31 bits per heavy atom. The van der Waals surface area contributed by atoms with Crippen molar-refractivity contribution in [2.24, 2.45) is 0 Å². The monoisotopic (exact) mass is 240 g/mol. The van der Waals surface area contributed by atoms with Crippen molar-refractivity contribution in [3.05, 3.63) is 34.7 Å². The maximum atomic E-state index is 11.6. The second kappa shape index (κ2) is 5.61. The molecule has 0 radical (unpaired) electrons. The Balaban J connectivity index is 0.000000606. The van der Waals surface area contributed by atoms with Crippen LogP contribution in [0.15, 0.2) is 24.3 Å². The molecule has 0 aliphatic heterocycles. The standard InChI is InChI=1S/C10H7FO2S.C2H6/c1-6-2-3-8-7(4-6)5-9(14-8)10(12)13-11;1-2/h2-5H,1H3;1-2H3. The molecule has 86 valence electrons. The predicted molar refractivity (Wildman–Crippen MR) is 64.4 cm³/mol. The van der Waals surface area contributed by atoms with Crippen molar-refractivity contribution < 1.29 is 14.3 Å². The first-order chi connectivity index (χ1) is 7.70. The van der Waals surface area contributed by atoms with E-state index in [1.807, 2.05) is 39.0 Å². The fourth-order valence-electron chi connectivity index (χ4n) is 1.30. The number of aryl methyl sites for hydroxylation is 1. The molecule has 0 saturated heterocycles. The van der Waals surface area contributed by atoms with Crippen molar-refractivity contribution >= 4 is 27.4 Å². The second-order valence-electron chi connectivity index (χ2n) is 3.02. The van der Waals surface area contributed by atoms with Crippen molar-refractivity contribution in [3.8, 4) is 0 Å². The molecule has 0 bridgehead atoms. The van der Waals surface area contributed by atoms with Gasteiger partial charge in [0.15, 0.2) is 0 Å². The molecule has 2 rings (SSSR count). The first kappa shape index (κ1) is 12.6. The number of fused-ring (bicyclic) bond motifs is 1. The lowest BCUT2D eigenvalue weighted by molar-refractivity contribution is -0.0783. The average molecular weight is 240 g/mol. The zero-order valence-electron chi connectivity index (χ0n) is 9.41. The number of carbonyl (C=O) groups excluding carboxylic acids is 1. The summed E-state index contributed by atoms with van der Waals surface area (Å²) in [6.07, 6.45) is 0. The molecule has 2 nitrogen and oxygen atoms in total. The topological polar surface area (TPSA) is 26.3 Å². The number of rotatable bonds is 1. The Morgan fingerprint density at radius 2 is 2.00 bits per heavy atom. The van der Waals surface area contributed by atoms with E-state index in [-0.39, 0.29) is 4.88 Å². The van der Waals surface area contributed by atoms with Crippen LogP contribution in [0.1, 0.15) is 29.1 Å². The Kier molecular flexibility index (Phi) is 4.43. The molecule has 0 unspecified atom stereocenters. The quantitative estimate of drug-likeness (QED) is 0.743. The maximum absolute atomic E-state index is 11.6. The Labute approximate surface area is 97.6 Å². The summed E-state index contributed by atoms with van der Waals surface area (Å²) in [6.45, 7) is 5.96. The normalized spacial score (nSPS) is 9.50. The third-order valence-electron chi connectivity index (χ3n) is 1.94. The lowest BCUT2D eigenvalue weighted by Gasteiger charge is -1.89. The van der Waals surface area contributed by atoms with Crippen molar-refractivity contribution in [3.63, 3.8) is 0 Å². The maximum Gasteiger partial charge on any atom is 0.389 e. The van der Waals surface area contributed by atoms with Crippen molar-refractivity contribution in [1.29, 1.82) is 0 Å². The van der Waals surface area contributed by atoms with E-state index in [0.717, 1.165) is 15.6 Å². The summed E-state index contributed by atoms with van der Waals surface area (Å²) in [5.41, 5.74) is 1.11.